The van der Waals surface area contributed by atoms with Crippen molar-refractivity contribution in [1.29, 1.82) is 0 Å². The summed E-state index contributed by atoms with van der Waals surface area (Å²) in [6.07, 6.45) is 14.4. The molecular weight excluding hydrogens is 442 g/mol. The van der Waals surface area contributed by atoms with Crippen molar-refractivity contribution in [3.05, 3.63) is 71.7 Å². The zero-order chi connectivity index (χ0) is 24.7. The van der Waals surface area contributed by atoms with Crippen LogP contribution in [-0.2, 0) is 9.53 Å². The number of ether oxygens (including phenoxy) is 2. The van der Waals surface area contributed by atoms with Crippen LogP contribution in [0.2, 0.25) is 0 Å². The van der Waals surface area contributed by atoms with Gasteiger partial charge in [0.25, 0.3) is 0 Å². The van der Waals surface area contributed by atoms with Gasteiger partial charge < -0.3 is 13.9 Å². The highest BCUT2D eigenvalue weighted by molar-refractivity contribution is 5.81. The highest BCUT2D eigenvalue weighted by atomic mass is 16.5. The summed E-state index contributed by atoms with van der Waals surface area (Å²) in [5.41, 5.74) is 1.47. The molecule has 3 aromatic rings. The maximum atomic E-state index is 12.4. The minimum atomic E-state index is -0.366. The van der Waals surface area contributed by atoms with E-state index < -0.39 is 0 Å². The van der Waals surface area contributed by atoms with Crippen molar-refractivity contribution in [2.24, 2.45) is 0 Å². The summed E-state index contributed by atoms with van der Waals surface area (Å²) < 4.78 is 16.3. The summed E-state index contributed by atoms with van der Waals surface area (Å²) in [7, 11) is 0. The largest absolute Gasteiger partial charge is 0.478 e. The normalized spacial score (nSPS) is 10.9. The van der Waals surface area contributed by atoms with Crippen LogP contribution in [0.5, 0.6) is 5.88 Å². The number of carbonyl (C=O) groups excluding carboxylic acids is 1. The Hall–Kier alpha value is -3.41. The Morgan fingerprint density at radius 3 is 2.17 bits per heavy atom. The third kappa shape index (κ3) is 9.04. The minimum absolute atomic E-state index is 0.338. The second-order valence-corrected chi connectivity index (χ2v) is 8.63. The van der Waals surface area contributed by atoms with Crippen molar-refractivity contribution in [3.63, 3.8) is 0 Å². The zero-order valence-corrected chi connectivity index (χ0v) is 20.4. The second kappa shape index (κ2) is 14.8. The van der Waals surface area contributed by atoms with Gasteiger partial charge in [0.1, 0.15) is 5.58 Å². The van der Waals surface area contributed by atoms with E-state index in [4.69, 9.17) is 13.9 Å². The highest BCUT2D eigenvalue weighted by Crippen LogP contribution is 2.23. The Kier molecular flexibility index (Phi) is 11.1. The van der Waals surface area contributed by atoms with Crippen molar-refractivity contribution in [1.82, 2.24) is 4.98 Å². The first kappa shape index (κ1) is 26.2. The molecule has 35 heavy (non-hydrogen) atoms. The third-order valence-corrected chi connectivity index (χ3v) is 5.88. The standard InChI is InChI=1S/C29H35NO5/c1-2-28(31)34-19-15-10-8-6-4-3-5-7-9-14-18-33-27-21-26-24(22-30-27)20-25(29(32)35-26)23-16-12-11-13-17-23/h2,11-13,16-17,20-22H,1,3-10,14-15,18-19H2. The molecule has 0 saturated carbocycles. The predicted octanol–water partition coefficient (Wildman–Crippen LogP) is 6.86. The molecule has 0 aliphatic heterocycles. The van der Waals surface area contributed by atoms with Gasteiger partial charge in [-0.15, -0.1) is 0 Å². The molecule has 6 nitrogen and oxygen atoms in total. The molecule has 0 atom stereocenters. The molecule has 0 spiro atoms. The zero-order valence-electron chi connectivity index (χ0n) is 20.4. The van der Waals surface area contributed by atoms with Crippen LogP contribution in [0.15, 0.2) is 70.5 Å². The molecule has 0 unspecified atom stereocenters. The average Bonchev–Trinajstić information content (AvgIpc) is 2.88. The summed E-state index contributed by atoms with van der Waals surface area (Å²) in [5, 5.41) is 0.770. The average molecular weight is 478 g/mol. The van der Waals surface area contributed by atoms with Crippen LogP contribution in [0, 0.1) is 0 Å². The van der Waals surface area contributed by atoms with Gasteiger partial charge in [-0.05, 0) is 24.5 Å². The molecule has 0 aliphatic rings. The highest BCUT2D eigenvalue weighted by Gasteiger charge is 2.09. The van der Waals surface area contributed by atoms with Crippen molar-refractivity contribution < 1.29 is 18.7 Å². The smallest absolute Gasteiger partial charge is 0.344 e. The molecule has 0 bridgehead atoms. The number of hydrogen-bond donors (Lipinski definition) is 0. The molecule has 2 aromatic heterocycles. The number of benzene rings is 1. The van der Waals surface area contributed by atoms with E-state index >= 15 is 0 Å². The van der Waals surface area contributed by atoms with Crippen LogP contribution in [0.3, 0.4) is 0 Å². The van der Waals surface area contributed by atoms with Crippen molar-refractivity contribution in [3.8, 4) is 17.0 Å². The maximum Gasteiger partial charge on any atom is 0.344 e. The van der Waals surface area contributed by atoms with E-state index in [9.17, 15) is 9.59 Å². The first-order valence-corrected chi connectivity index (χ1v) is 12.6. The Balaban J connectivity index is 1.26. The first-order valence-electron chi connectivity index (χ1n) is 12.6. The summed E-state index contributed by atoms with van der Waals surface area (Å²) in [4.78, 5) is 27.7. The van der Waals surface area contributed by atoms with Gasteiger partial charge in [0.05, 0.1) is 18.8 Å². The number of esters is 1. The SMILES string of the molecule is C=CC(=O)OCCCCCCCCCCCCOc1cc2oc(=O)c(-c3ccccc3)cc2cn1. The van der Waals surface area contributed by atoms with Crippen LogP contribution in [0.25, 0.3) is 22.1 Å². The lowest BCUT2D eigenvalue weighted by Crippen LogP contribution is -2.03. The first-order chi connectivity index (χ1) is 17.2. The van der Waals surface area contributed by atoms with Crippen LogP contribution < -0.4 is 10.4 Å². The molecule has 1 aromatic carbocycles. The molecule has 0 saturated heterocycles. The number of nitrogens with zero attached hydrogens (tertiary/aromatic N) is 1. The van der Waals surface area contributed by atoms with Gasteiger partial charge >= 0.3 is 11.6 Å². The quantitative estimate of drug-likeness (QED) is 0.127. The van der Waals surface area contributed by atoms with Crippen LogP contribution in [0.4, 0.5) is 0 Å². The van der Waals surface area contributed by atoms with E-state index in [0.29, 0.717) is 30.2 Å². The molecule has 2 heterocycles. The monoisotopic (exact) mass is 477 g/mol. The van der Waals surface area contributed by atoms with Crippen LogP contribution in [-0.4, -0.2) is 24.2 Å². The molecule has 0 fully saturated rings. The predicted molar refractivity (Wildman–Crippen MR) is 139 cm³/mol. The lowest BCUT2D eigenvalue weighted by molar-refractivity contribution is -0.137. The van der Waals surface area contributed by atoms with Gasteiger partial charge in [0.2, 0.25) is 5.88 Å². The van der Waals surface area contributed by atoms with Crippen LogP contribution in [0.1, 0.15) is 64.2 Å². The minimum Gasteiger partial charge on any atom is -0.478 e. The van der Waals surface area contributed by atoms with Crippen LogP contribution >= 0.6 is 0 Å². The van der Waals surface area contributed by atoms with Gasteiger partial charge in [-0.2, -0.15) is 0 Å². The number of rotatable bonds is 16. The van der Waals surface area contributed by atoms with Gasteiger partial charge in [-0.1, -0.05) is 88.3 Å². The number of aromatic nitrogens is 1. The van der Waals surface area contributed by atoms with Gasteiger partial charge in [0, 0.05) is 23.7 Å². The Labute approximate surface area is 207 Å². The summed E-state index contributed by atoms with van der Waals surface area (Å²) >= 11 is 0. The number of fused-ring (bicyclic) bond motifs is 1. The summed E-state index contributed by atoms with van der Waals surface area (Å²) in [6, 6.07) is 13.0. The van der Waals surface area contributed by atoms with Crippen molar-refractivity contribution in [2.45, 2.75) is 64.2 Å². The van der Waals surface area contributed by atoms with Gasteiger partial charge in [-0.3, -0.25) is 0 Å². The van der Waals surface area contributed by atoms with Gasteiger partial charge in [-0.25, -0.2) is 14.6 Å². The topological polar surface area (TPSA) is 78.6 Å². The molecule has 0 aliphatic carbocycles. The van der Waals surface area contributed by atoms with E-state index in [0.717, 1.165) is 36.6 Å². The van der Waals surface area contributed by atoms with E-state index in [2.05, 4.69) is 11.6 Å². The fourth-order valence-corrected chi connectivity index (χ4v) is 3.92. The number of carbonyl (C=O) groups is 1. The Morgan fingerprint density at radius 1 is 0.886 bits per heavy atom. The Morgan fingerprint density at radius 2 is 1.51 bits per heavy atom. The summed E-state index contributed by atoms with van der Waals surface area (Å²) in [5.74, 6) is 0.141. The molecule has 3 rings (SSSR count). The van der Waals surface area contributed by atoms with E-state index in [1.807, 2.05) is 36.4 Å². The number of pyridine rings is 1. The van der Waals surface area contributed by atoms with E-state index in [-0.39, 0.29) is 11.6 Å². The maximum absolute atomic E-state index is 12.4. The molecule has 6 heteroatoms. The van der Waals surface area contributed by atoms with E-state index in [1.54, 1.807) is 12.3 Å². The molecule has 0 radical (unpaired) electrons. The Bertz CT molecular complexity index is 1120. The lowest BCUT2D eigenvalue weighted by atomic mass is 10.1. The molecule has 0 amide bonds. The third-order valence-electron chi connectivity index (χ3n) is 5.88. The van der Waals surface area contributed by atoms with E-state index in [1.165, 1.54) is 44.6 Å². The fraction of sp³-hybridized carbons (Fsp3) is 0.414. The molecular formula is C29H35NO5. The lowest BCUT2D eigenvalue weighted by Gasteiger charge is -2.07. The number of unbranched alkanes of at least 4 members (excludes halogenated alkanes) is 9. The number of hydrogen-bond acceptors (Lipinski definition) is 6. The molecule has 186 valence electrons. The van der Waals surface area contributed by atoms with Gasteiger partial charge in [0.15, 0.2) is 0 Å². The second-order valence-electron chi connectivity index (χ2n) is 8.63. The summed E-state index contributed by atoms with van der Waals surface area (Å²) in [6.45, 7) is 4.47. The fourth-order valence-electron chi connectivity index (χ4n) is 3.92. The van der Waals surface area contributed by atoms with Crippen molar-refractivity contribution in [2.75, 3.05) is 13.2 Å². The van der Waals surface area contributed by atoms with Crippen molar-refractivity contribution >= 4 is 16.9 Å². The molecule has 0 N–H and O–H groups in total.